The molecule has 9 nitrogen and oxygen atoms in total. The minimum Gasteiger partial charge on any atom is -0.360 e. The van der Waals surface area contributed by atoms with Crippen LogP contribution in [0.2, 0.25) is 0 Å². The SMILES string of the molecule is CCn1ccnc1C(C)Nc1cc(N2CCn3nc(C)nc3C2)nc(C(F)(F)F)n1. The quantitative estimate of drug-likeness (QED) is 0.678. The summed E-state index contributed by atoms with van der Waals surface area (Å²) < 4.78 is 44.1. The lowest BCUT2D eigenvalue weighted by Gasteiger charge is -2.28. The summed E-state index contributed by atoms with van der Waals surface area (Å²) in [7, 11) is 0. The summed E-state index contributed by atoms with van der Waals surface area (Å²) >= 11 is 0. The molecule has 30 heavy (non-hydrogen) atoms. The summed E-state index contributed by atoms with van der Waals surface area (Å²) in [5, 5.41) is 7.32. The van der Waals surface area contributed by atoms with E-state index in [0.29, 0.717) is 43.7 Å². The van der Waals surface area contributed by atoms with Crippen molar-refractivity contribution in [2.45, 2.75) is 52.6 Å². The summed E-state index contributed by atoms with van der Waals surface area (Å²) in [6.07, 6.45) is -1.18. The number of rotatable bonds is 5. The minimum atomic E-state index is -4.66. The molecule has 0 aliphatic carbocycles. The van der Waals surface area contributed by atoms with Crippen molar-refractivity contribution in [1.82, 2.24) is 34.3 Å². The predicted octanol–water partition coefficient (Wildman–Crippen LogP) is 2.81. The number of hydrogen-bond donors (Lipinski definition) is 1. The molecule has 0 aromatic carbocycles. The van der Waals surface area contributed by atoms with E-state index in [0.717, 1.165) is 0 Å². The second-order valence-corrected chi connectivity index (χ2v) is 7.09. The Hall–Kier alpha value is -3.18. The fraction of sp³-hybridized carbons (Fsp3) is 0.500. The molecule has 0 spiro atoms. The lowest BCUT2D eigenvalue weighted by molar-refractivity contribution is -0.144. The minimum absolute atomic E-state index is 0.0914. The fourth-order valence-electron chi connectivity index (χ4n) is 3.51. The van der Waals surface area contributed by atoms with Crippen LogP contribution in [0.25, 0.3) is 0 Å². The van der Waals surface area contributed by atoms with Gasteiger partial charge in [-0.3, -0.25) is 0 Å². The normalized spacial score (nSPS) is 15.2. The molecule has 0 amide bonds. The van der Waals surface area contributed by atoms with E-state index in [1.165, 1.54) is 6.07 Å². The van der Waals surface area contributed by atoms with Gasteiger partial charge in [-0.1, -0.05) is 0 Å². The Morgan fingerprint density at radius 2 is 2.00 bits per heavy atom. The number of nitrogens with one attached hydrogen (secondary N) is 1. The monoisotopic (exact) mass is 421 g/mol. The zero-order valence-corrected chi connectivity index (χ0v) is 16.8. The highest BCUT2D eigenvalue weighted by Gasteiger charge is 2.36. The van der Waals surface area contributed by atoms with Gasteiger partial charge in [-0.05, 0) is 20.8 Å². The third-order valence-corrected chi connectivity index (χ3v) is 4.90. The lowest BCUT2D eigenvalue weighted by atomic mass is 10.3. The van der Waals surface area contributed by atoms with Crippen molar-refractivity contribution in [3.8, 4) is 0 Å². The van der Waals surface area contributed by atoms with Crippen LogP contribution in [0, 0.1) is 6.92 Å². The fourth-order valence-corrected chi connectivity index (χ4v) is 3.51. The van der Waals surface area contributed by atoms with Crippen LogP contribution in [0.3, 0.4) is 0 Å². The van der Waals surface area contributed by atoms with Crippen LogP contribution in [0.5, 0.6) is 0 Å². The Bertz CT molecular complexity index is 1040. The molecule has 1 aliphatic heterocycles. The number of fused-ring (bicyclic) bond motifs is 1. The molecule has 1 unspecified atom stereocenters. The molecule has 12 heteroatoms. The second kappa shape index (κ2) is 7.58. The van der Waals surface area contributed by atoms with Gasteiger partial charge in [0, 0.05) is 31.5 Å². The molecule has 0 bridgehead atoms. The molecular weight excluding hydrogens is 399 g/mol. The van der Waals surface area contributed by atoms with Gasteiger partial charge in [0.05, 0.1) is 19.1 Å². The molecule has 160 valence electrons. The molecule has 0 radical (unpaired) electrons. The van der Waals surface area contributed by atoms with Crippen LogP contribution >= 0.6 is 0 Å². The highest BCUT2D eigenvalue weighted by Crippen LogP contribution is 2.31. The number of aromatic nitrogens is 7. The highest BCUT2D eigenvalue weighted by molar-refractivity contribution is 5.51. The Morgan fingerprint density at radius 1 is 1.20 bits per heavy atom. The Labute approximate surface area is 171 Å². The molecular formula is C18H22F3N9. The average Bonchev–Trinajstić information content (AvgIpc) is 3.31. The Balaban J connectivity index is 1.65. The predicted molar refractivity (Wildman–Crippen MR) is 103 cm³/mol. The molecule has 1 N–H and O–H groups in total. The van der Waals surface area contributed by atoms with E-state index in [1.54, 1.807) is 22.7 Å². The molecule has 4 heterocycles. The average molecular weight is 421 g/mol. The van der Waals surface area contributed by atoms with Crippen LogP contribution in [0.4, 0.5) is 24.8 Å². The summed E-state index contributed by atoms with van der Waals surface area (Å²) in [6, 6.07) is 1.19. The number of alkyl halides is 3. The first kappa shape index (κ1) is 20.1. The van der Waals surface area contributed by atoms with E-state index >= 15 is 0 Å². The van der Waals surface area contributed by atoms with Gasteiger partial charge < -0.3 is 14.8 Å². The number of anilines is 2. The number of nitrogens with zero attached hydrogens (tertiary/aromatic N) is 8. The van der Waals surface area contributed by atoms with Crippen molar-refractivity contribution in [3.05, 3.63) is 41.8 Å². The Kier molecular flexibility index (Phi) is 5.08. The molecule has 4 rings (SSSR count). The summed E-state index contributed by atoms with van der Waals surface area (Å²) in [6.45, 7) is 7.61. The summed E-state index contributed by atoms with van der Waals surface area (Å²) in [5.41, 5.74) is 0. The maximum atomic E-state index is 13.5. The van der Waals surface area contributed by atoms with Gasteiger partial charge in [-0.15, -0.1) is 0 Å². The first-order chi connectivity index (χ1) is 14.2. The van der Waals surface area contributed by atoms with Gasteiger partial charge in [0.2, 0.25) is 5.82 Å². The van der Waals surface area contributed by atoms with E-state index in [9.17, 15) is 13.2 Å². The molecule has 0 saturated heterocycles. The van der Waals surface area contributed by atoms with Gasteiger partial charge in [0.25, 0.3) is 0 Å². The molecule has 1 atom stereocenters. The number of imidazole rings is 1. The van der Waals surface area contributed by atoms with Crippen LogP contribution in [0.1, 0.15) is 43.2 Å². The van der Waals surface area contributed by atoms with Gasteiger partial charge in [0.15, 0.2) is 0 Å². The first-order valence-electron chi connectivity index (χ1n) is 9.63. The maximum Gasteiger partial charge on any atom is 0.451 e. The number of hydrogen-bond acceptors (Lipinski definition) is 7. The Morgan fingerprint density at radius 3 is 2.73 bits per heavy atom. The topological polar surface area (TPSA) is 89.6 Å². The van der Waals surface area contributed by atoms with Crippen LogP contribution in [-0.4, -0.2) is 40.8 Å². The van der Waals surface area contributed by atoms with E-state index in [4.69, 9.17) is 0 Å². The standard InChI is InChI=1S/C18H22F3N9/c1-4-28-6-5-22-16(28)11(2)23-13-9-14(26-17(25-13)18(19,20)21)29-7-8-30-15(10-29)24-12(3)27-30/h5-6,9,11H,4,7-8,10H2,1-3H3,(H,23,25,26). The number of aryl methyl sites for hydroxylation is 2. The zero-order valence-electron chi connectivity index (χ0n) is 16.8. The zero-order chi connectivity index (χ0) is 21.5. The van der Waals surface area contributed by atoms with Crippen molar-refractivity contribution < 1.29 is 13.2 Å². The van der Waals surface area contributed by atoms with E-state index < -0.39 is 12.0 Å². The third-order valence-electron chi connectivity index (χ3n) is 4.90. The smallest absolute Gasteiger partial charge is 0.360 e. The molecule has 0 fully saturated rings. The molecule has 3 aromatic rings. The van der Waals surface area contributed by atoms with E-state index in [1.807, 2.05) is 24.6 Å². The van der Waals surface area contributed by atoms with Crippen molar-refractivity contribution >= 4 is 11.6 Å². The van der Waals surface area contributed by atoms with Crippen molar-refractivity contribution in [1.29, 1.82) is 0 Å². The maximum absolute atomic E-state index is 13.5. The summed E-state index contributed by atoms with van der Waals surface area (Å²) in [4.78, 5) is 17.9. The van der Waals surface area contributed by atoms with Gasteiger partial charge in [-0.2, -0.15) is 18.3 Å². The second-order valence-electron chi connectivity index (χ2n) is 7.09. The first-order valence-corrected chi connectivity index (χ1v) is 9.63. The lowest BCUT2D eigenvalue weighted by Crippen LogP contribution is -2.35. The largest absolute Gasteiger partial charge is 0.451 e. The van der Waals surface area contributed by atoms with Crippen molar-refractivity contribution in [3.63, 3.8) is 0 Å². The molecule has 3 aromatic heterocycles. The van der Waals surface area contributed by atoms with Gasteiger partial charge in [0.1, 0.15) is 29.1 Å². The number of halogens is 3. The third kappa shape index (κ3) is 3.94. The van der Waals surface area contributed by atoms with Crippen molar-refractivity contribution in [2.24, 2.45) is 0 Å². The van der Waals surface area contributed by atoms with Gasteiger partial charge in [-0.25, -0.2) is 24.6 Å². The van der Waals surface area contributed by atoms with Crippen molar-refractivity contribution in [2.75, 3.05) is 16.8 Å². The summed E-state index contributed by atoms with van der Waals surface area (Å²) in [5.74, 6) is 1.14. The van der Waals surface area contributed by atoms with Crippen LogP contribution in [0.15, 0.2) is 18.5 Å². The molecule has 1 aliphatic rings. The van der Waals surface area contributed by atoms with Gasteiger partial charge >= 0.3 is 6.18 Å². The van der Waals surface area contributed by atoms with E-state index in [2.05, 4.69) is 30.4 Å². The van der Waals surface area contributed by atoms with Crippen LogP contribution in [-0.2, 0) is 25.8 Å². The molecule has 0 saturated carbocycles. The van der Waals surface area contributed by atoms with E-state index in [-0.39, 0.29) is 17.7 Å². The highest BCUT2D eigenvalue weighted by atomic mass is 19.4. The van der Waals surface area contributed by atoms with Crippen LogP contribution < -0.4 is 10.2 Å².